The molecule has 3 nitrogen and oxygen atoms in total. The monoisotopic (exact) mass is 309 g/mol. The van der Waals surface area contributed by atoms with Gasteiger partial charge in [0.15, 0.2) is 0 Å². The number of aryl methyl sites for hydroxylation is 1. The number of aliphatic hydroxyl groups excluding tert-OH is 1. The minimum atomic E-state index is -0.569. The highest BCUT2D eigenvalue weighted by atomic mass is 35.5. The maximum atomic E-state index is 10.2. The summed E-state index contributed by atoms with van der Waals surface area (Å²) in [7, 11) is 4.01. The number of fused-ring (bicyclic) bond motifs is 1. The van der Waals surface area contributed by atoms with Crippen molar-refractivity contribution < 1.29 is 9.84 Å². The van der Waals surface area contributed by atoms with Crippen LogP contribution in [0, 0.1) is 6.92 Å². The quantitative estimate of drug-likeness (QED) is 0.832. The van der Waals surface area contributed by atoms with Crippen molar-refractivity contribution in [2.45, 2.75) is 13.0 Å². The molecule has 1 N–H and O–H groups in total. The second-order valence-corrected chi connectivity index (χ2v) is 5.45. The van der Waals surface area contributed by atoms with Crippen LogP contribution in [0.25, 0.3) is 10.8 Å². The molecule has 4 heteroatoms. The molecule has 1 atom stereocenters. The lowest BCUT2D eigenvalue weighted by molar-refractivity contribution is 0.0307. The van der Waals surface area contributed by atoms with E-state index in [0.29, 0.717) is 13.2 Å². The lowest BCUT2D eigenvalue weighted by Gasteiger charge is -2.15. The van der Waals surface area contributed by atoms with Crippen LogP contribution in [0.3, 0.4) is 0 Å². The van der Waals surface area contributed by atoms with Crippen LogP contribution in [0.4, 0.5) is 0 Å². The molecule has 0 saturated carbocycles. The van der Waals surface area contributed by atoms with Crippen LogP contribution in [-0.4, -0.2) is 43.9 Å². The topological polar surface area (TPSA) is 32.7 Å². The fourth-order valence-electron chi connectivity index (χ4n) is 2.26. The number of nitrogens with zero attached hydrogens (tertiary/aromatic N) is 1. The number of benzene rings is 2. The molecule has 2 aromatic rings. The first-order valence-electron chi connectivity index (χ1n) is 6.98. The van der Waals surface area contributed by atoms with Crippen molar-refractivity contribution in [2.75, 3.05) is 33.9 Å². The third kappa shape index (κ3) is 4.97. The van der Waals surface area contributed by atoms with Crippen LogP contribution in [-0.2, 0) is 4.74 Å². The van der Waals surface area contributed by atoms with Crippen LogP contribution in [0.1, 0.15) is 17.2 Å². The number of halogens is 1. The number of hydrogen-bond acceptors (Lipinski definition) is 3. The predicted molar refractivity (Wildman–Crippen MR) is 90.3 cm³/mol. The summed E-state index contributed by atoms with van der Waals surface area (Å²) in [5.74, 6) is 0. The minimum Gasteiger partial charge on any atom is -0.386 e. The molecule has 0 aromatic heterocycles. The highest BCUT2D eigenvalue weighted by Gasteiger charge is 2.10. The molecule has 0 radical (unpaired) electrons. The summed E-state index contributed by atoms with van der Waals surface area (Å²) < 4.78 is 5.52. The Labute approximate surface area is 132 Å². The van der Waals surface area contributed by atoms with E-state index in [1.54, 1.807) is 0 Å². The summed E-state index contributed by atoms with van der Waals surface area (Å²) in [6, 6.07) is 12.3. The maximum absolute atomic E-state index is 10.2. The van der Waals surface area contributed by atoms with Crippen molar-refractivity contribution in [1.82, 2.24) is 4.90 Å². The molecule has 0 spiro atoms. The number of likely N-dealkylation sites (N-methyl/N-ethyl adjacent to an activating group) is 1. The van der Waals surface area contributed by atoms with Crippen LogP contribution >= 0.6 is 12.4 Å². The fraction of sp³-hybridized carbons (Fsp3) is 0.412. The van der Waals surface area contributed by atoms with Crippen molar-refractivity contribution >= 4 is 23.2 Å². The average molecular weight is 310 g/mol. The van der Waals surface area contributed by atoms with E-state index in [4.69, 9.17) is 4.74 Å². The summed E-state index contributed by atoms with van der Waals surface area (Å²) in [5.41, 5.74) is 2.11. The van der Waals surface area contributed by atoms with Crippen LogP contribution < -0.4 is 0 Å². The van der Waals surface area contributed by atoms with Gasteiger partial charge in [0.25, 0.3) is 0 Å². The molecule has 21 heavy (non-hydrogen) atoms. The van der Waals surface area contributed by atoms with Gasteiger partial charge in [-0.2, -0.15) is 0 Å². The Morgan fingerprint density at radius 2 is 1.90 bits per heavy atom. The molecular weight excluding hydrogens is 286 g/mol. The molecule has 0 aliphatic heterocycles. The Hall–Kier alpha value is -1.13. The van der Waals surface area contributed by atoms with Crippen molar-refractivity contribution in [3.63, 3.8) is 0 Å². The van der Waals surface area contributed by atoms with Gasteiger partial charge in [-0.05, 0) is 49.0 Å². The van der Waals surface area contributed by atoms with E-state index < -0.39 is 6.10 Å². The molecule has 2 aromatic carbocycles. The van der Waals surface area contributed by atoms with Crippen LogP contribution in [0.15, 0.2) is 36.4 Å². The van der Waals surface area contributed by atoms with E-state index >= 15 is 0 Å². The van der Waals surface area contributed by atoms with Crippen molar-refractivity contribution in [3.05, 3.63) is 47.5 Å². The Bertz CT molecular complexity index is 572. The maximum Gasteiger partial charge on any atom is 0.102 e. The molecular formula is C17H24ClNO2. The summed E-state index contributed by atoms with van der Waals surface area (Å²) in [6.45, 7) is 3.91. The molecule has 0 amide bonds. The van der Waals surface area contributed by atoms with E-state index in [2.05, 4.69) is 24.0 Å². The van der Waals surface area contributed by atoms with Gasteiger partial charge in [0, 0.05) is 6.54 Å². The molecule has 0 saturated heterocycles. The Morgan fingerprint density at radius 3 is 2.62 bits per heavy atom. The zero-order valence-corrected chi connectivity index (χ0v) is 13.7. The van der Waals surface area contributed by atoms with Crippen molar-refractivity contribution in [1.29, 1.82) is 0 Å². The molecule has 0 aliphatic carbocycles. The first-order chi connectivity index (χ1) is 9.58. The van der Waals surface area contributed by atoms with Crippen molar-refractivity contribution in [2.24, 2.45) is 0 Å². The average Bonchev–Trinajstić information content (AvgIpc) is 2.43. The zero-order chi connectivity index (χ0) is 14.5. The Balaban J connectivity index is 0.00000220. The van der Waals surface area contributed by atoms with Gasteiger partial charge < -0.3 is 14.7 Å². The molecule has 0 fully saturated rings. The first kappa shape index (κ1) is 17.9. The van der Waals surface area contributed by atoms with E-state index in [9.17, 15) is 5.11 Å². The molecule has 2 rings (SSSR count). The summed E-state index contributed by atoms with van der Waals surface area (Å²) in [4.78, 5) is 2.06. The Morgan fingerprint density at radius 1 is 1.19 bits per heavy atom. The van der Waals surface area contributed by atoms with E-state index in [-0.39, 0.29) is 12.4 Å². The summed E-state index contributed by atoms with van der Waals surface area (Å²) >= 11 is 0. The standard InChI is InChI=1S/C17H23NO2.ClH/c1-13-10-15(11-14-6-4-5-7-16(13)14)17(19)12-20-9-8-18(2)3;/h4-7,10-11,17,19H,8-9,12H2,1-3H3;1H. The van der Waals surface area contributed by atoms with Gasteiger partial charge in [-0.25, -0.2) is 0 Å². The normalized spacial score (nSPS) is 12.4. The molecule has 0 heterocycles. The number of hydrogen-bond donors (Lipinski definition) is 1. The zero-order valence-electron chi connectivity index (χ0n) is 12.9. The van der Waals surface area contributed by atoms with Crippen LogP contribution in [0.2, 0.25) is 0 Å². The van der Waals surface area contributed by atoms with E-state index in [0.717, 1.165) is 17.5 Å². The molecule has 0 aliphatic rings. The highest BCUT2D eigenvalue weighted by molar-refractivity contribution is 5.86. The lowest BCUT2D eigenvalue weighted by Crippen LogP contribution is -2.19. The fourth-order valence-corrected chi connectivity index (χ4v) is 2.26. The van der Waals surface area contributed by atoms with Crippen molar-refractivity contribution in [3.8, 4) is 0 Å². The third-order valence-electron chi connectivity index (χ3n) is 3.43. The summed E-state index contributed by atoms with van der Waals surface area (Å²) in [5, 5.41) is 12.6. The smallest absolute Gasteiger partial charge is 0.102 e. The Kier molecular flexibility index (Phi) is 7.12. The predicted octanol–water partition coefficient (Wildman–Crippen LogP) is 3.18. The minimum absolute atomic E-state index is 0. The van der Waals surface area contributed by atoms with Crippen LogP contribution in [0.5, 0.6) is 0 Å². The van der Waals surface area contributed by atoms with Gasteiger partial charge in [0.05, 0.1) is 13.2 Å². The first-order valence-corrected chi connectivity index (χ1v) is 6.98. The van der Waals surface area contributed by atoms with Gasteiger partial charge in [-0.3, -0.25) is 0 Å². The molecule has 0 bridgehead atoms. The largest absolute Gasteiger partial charge is 0.386 e. The second kappa shape index (κ2) is 8.35. The van der Waals surface area contributed by atoms with E-state index in [1.807, 2.05) is 38.4 Å². The number of ether oxygens (including phenoxy) is 1. The number of aliphatic hydroxyl groups is 1. The van der Waals surface area contributed by atoms with Gasteiger partial charge in [0.2, 0.25) is 0 Å². The summed E-state index contributed by atoms with van der Waals surface area (Å²) in [6.07, 6.45) is -0.569. The lowest BCUT2D eigenvalue weighted by atomic mass is 9.99. The number of rotatable bonds is 6. The van der Waals surface area contributed by atoms with Gasteiger partial charge in [-0.1, -0.05) is 30.3 Å². The highest BCUT2D eigenvalue weighted by Crippen LogP contribution is 2.24. The molecule has 116 valence electrons. The van der Waals surface area contributed by atoms with Gasteiger partial charge in [0.1, 0.15) is 6.10 Å². The third-order valence-corrected chi connectivity index (χ3v) is 3.43. The SMILES string of the molecule is Cc1cc(C(O)COCCN(C)C)cc2ccccc12.Cl. The van der Waals surface area contributed by atoms with E-state index in [1.165, 1.54) is 10.9 Å². The van der Waals surface area contributed by atoms with Gasteiger partial charge >= 0.3 is 0 Å². The second-order valence-electron chi connectivity index (χ2n) is 5.45. The van der Waals surface area contributed by atoms with Gasteiger partial charge in [-0.15, -0.1) is 12.4 Å². The molecule has 1 unspecified atom stereocenters.